The summed E-state index contributed by atoms with van der Waals surface area (Å²) in [6.07, 6.45) is 9.42. The fraction of sp³-hybridized carbons (Fsp3) is 0.571. The number of rotatable bonds is 7. The number of amides is 1. The van der Waals surface area contributed by atoms with Crippen LogP contribution >= 0.6 is 0 Å². The normalized spacial score (nSPS) is 20.6. The highest BCUT2D eigenvalue weighted by atomic mass is 16.2. The van der Waals surface area contributed by atoms with E-state index in [2.05, 4.69) is 28.1 Å². The molecular formula is C21H31N5O. The standard InChI is InChI=1S/C21H31N5O/c1-4-26-13-7-8-17(21(26)18-14-23-25(3)16-18)15-24(2)20(27)11-10-19-9-5-6-12-22-19/h5-6,9,12,14,16-17,21H,4,7-8,10-11,13,15H2,1-3H3/t17-,21+/m0/s1. The Labute approximate surface area is 162 Å². The summed E-state index contributed by atoms with van der Waals surface area (Å²) in [4.78, 5) is 21.4. The molecule has 0 aliphatic carbocycles. The second-order valence-electron chi connectivity index (χ2n) is 7.52. The van der Waals surface area contributed by atoms with Crippen LogP contribution < -0.4 is 0 Å². The number of hydrogen-bond acceptors (Lipinski definition) is 4. The maximum atomic E-state index is 12.7. The fourth-order valence-electron chi connectivity index (χ4n) is 4.20. The molecule has 2 aromatic heterocycles. The number of aryl methyl sites for hydroxylation is 2. The van der Waals surface area contributed by atoms with Gasteiger partial charge in [0.2, 0.25) is 5.91 Å². The highest BCUT2D eigenvalue weighted by molar-refractivity contribution is 5.76. The number of carbonyl (C=O) groups excluding carboxylic acids is 1. The first-order valence-electron chi connectivity index (χ1n) is 9.95. The lowest BCUT2D eigenvalue weighted by molar-refractivity contribution is -0.131. The minimum atomic E-state index is 0.194. The summed E-state index contributed by atoms with van der Waals surface area (Å²) in [6.45, 7) is 5.14. The summed E-state index contributed by atoms with van der Waals surface area (Å²) >= 11 is 0. The average Bonchev–Trinajstić information content (AvgIpc) is 3.12. The molecule has 0 unspecified atom stereocenters. The van der Waals surface area contributed by atoms with Gasteiger partial charge in [0.15, 0.2) is 0 Å². The molecule has 1 saturated heterocycles. The van der Waals surface area contributed by atoms with Gasteiger partial charge in [-0.15, -0.1) is 0 Å². The van der Waals surface area contributed by atoms with Crippen molar-refractivity contribution in [2.45, 2.75) is 38.6 Å². The van der Waals surface area contributed by atoms with Crippen LogP contribution in [0.25, 0.3) is 0 Å². The van der Waals surface area contributed by atoms with Gasteiger partial charge in [-0.3, -0.25) is 19.4 Å². The molecule has 1 fully saturated rings. The molecule has 0 bridgehead atoms. The minimum Gasteiger partial charge on any atom is -0.345 e. The molecule has 3 rings (SSSR count). The molecule has 27 heavy (non-hydrogen) atoms. The second kappa shape index (κ2) is 9.13. The van der Waals surface area contributed by atoms with E-state index < -0.39 is 0 Å². The Hall–Kier alpha value is -2.21. The van der Waals surface area contributed by atoms with Crippen LogP contribution in [0.4, 0.5) is 0 Å². The molecule has 0 saturated carbocycles. The van der Waals surface area contributed by atoms with Gasteiger partial charge in [-0.25, -0.2) is 0 Å². The molecule has 1 aliphatic rings. The summed E-state index contributed by atoms with van der Waals surface area (Å²) < 4.78 is 1.87. The van der Waals surface area contributed by atoms with E-state index in [0.717, 1.165) is 31.7 Å². The fourth-order valence-corrected chi connectivity index (χ4v) is 4.20. The summed E-state index contributed by atoms with van der Waals surface area (Å²) in [7, 11) is 3.90. The molecule has 0 N–H and O–H groups in total. The Bertz CT molecular complexity index is 729. The molecule has 2 aromatic rings. The maximum absolute atomic E-state index is 12.7. The molecule has 6 nitrogen and oxygen atoms in total. The van der Waals surface area contributed by atoms with Crippen LogP contribution in [0.2, 0.25) is 0 Å². The Morgan fingerprint density at radius 2 is 2.22 bits per heavy atom. The van der Waals surface area contributed by atoms with Crippen LogP contribution in [0, 0.1) is 5.92 Å². The van der Waals surface area contributed by atoms with Gasteiger partial charge in [0.1, 0.15) is 0 Å². The molecule has 0 spiro atoms. The molecule has 1 amide bonds. The van der Waals surface area contributed by atoms with Crippen LogP contribution in [0.5, 0.6) is 0 Å². The predicted octanol–water partition coefficient (Wildman–Crippen LogP) is 2.68. The second-order valence-corrected chi connectivity index (χ2v) is 7.52. The predicted molar refractivity (Wildman–Crippen MR) is 106 cm³/mol. The summed E-state index contributed by atoms with van der Waals surface area (Å²) in [5, 5.41) is 4.37. The zero-order chi connectivity index (χ0) is 19.2. The monoisotopic (exact) mass is 369 g/mol. The summed E-state index contributed by atoms with van der Waals surface area (Å²) in [6, 6.07) is 6.18. The van der Waals surface area contributed by atoms with Gasteiger partial charge in [-0.1, -0.05) is 13.0 Å². The van der Waals surface area contributed by atoms with Crippen LogP contribution in [0.1, 0.15) is 43.5 Å². The van der Waals surface area contributed by atoms with Gasteiger partial charge < -0.3 is 4.90 Å². The first-order chi connectivity index (χ1) is 13.1. The first kappa shape index (κ1) is 19.5. The van der Waals surface area contributed by atoms with Gasteiger partial charge in [0.05, 0.1) is 6.20 Å². The molecule has 146 valence electrons. The molecule has 0 aromatic carbocycles. The number of aromatic nitrogens is 3. The smallest absolute Gasteiger partial charge is 0.222 e. The Balaban J connectivity index is 1.63. The quantitative estimate of drug-likeness (QED) is 0.753. The number of hydrogen-bond donors (Lipinski definition) is 0. The van der Waals surface area contributed by atoms with Crippen LogP contribution in [-0.2, 0) is 18.3 Å². The molecule has 2 atom stereocenters. The van der Waals surface area contributed by atoms with Crippen LogP contribution in [0.3, 0.4) is 0 Å². The number of pyridine rings is 1. The van der Waals surface area contributed by atoms with E-state index >= 15 is 0 Å². The highest BCUT2D eigenvalue weighted by Crippen LogP contribution is 2.36. The molecule has 6 heteroatoms. The lowest BCUT2D eigenvalue weighted by atomic mass is 9.85. The third-order valence-electron chi connectivity index (χ3n) is 5.59. The average molecular weight is 370 g/mol. The SMILES string of the molecule is CCN1CCC[C@@H](CN(C)C(=O)CCc2ccccn2)[C@@H]1c1cnn(C)c1. The van der Waals surface area contributed by atoms with Crippen LogP contribution in [-0.4, -0.2) is 57.2 Å². The topological polar surface area (TPSA) is 54.3 Å². The third kappa shape index (κ3) is 4.95. The Morgan fingerprint density at radius 1 is 1.37 bits per heavy atom. The summed E-state index contributed by atoms with van der Waals surface area (Å²) in [5.74, 6) is 0.630. The van der Waals surface area contributed by atoms with E-state index in [1.54, 1.807) is 6.20 Å². The van der Waals surface area contributed by atoms with Crippen molar-refractivity contribution in [1.82, 2.24) is 24.6 Å². The number of likely N-dealkylation sites (tertiary alicyclic amines) is 1. The van der Waals surface area contributed by atoms with Crippen molar-refractivity contribution >= 4 is 5.91 Å². The van der Waals surface area contributed by atoms with Crippen molar-refractivity contribution in [1.29, 1.82) is 0 Å². The van der Waals surface area contributed by atoms with Crippen molar-refractivity contribution in [3.8, 4) is 0 Å². The lowest BCUT2D eigenvalue weighted by Gasteiger charge is -2.42. The Morgan fingerprint density at radius 3 is 2.89 bits per heavy atom. The van der Waals surface area contributed by atoms with Crippen molar-refractivity contribution in [2.75, 3.05) is 26.7 Å². The van der Waals surface area contributed by atoms with E-state index in [1.165, 1.54) is 12.0 Å². The zero-order valence-electron chi connectivity index (χ0n) is 16.7. The van der Waals surface area contributed by atoms with Gasteiger partial charge in [0.25, 0.3) is 0 Å². The lowest BCUT2D eigenvalue weighted by Crippen LogP contribution is -2.43. The van der Waals surface area contributed by atoms with E-state index in [1.807, 2.05) is 48.1 Å². The molecular weight excluding hydrogens is 338 g/mol. The van der Waals surface area contributed by atoms with E-state index in [9.17, 15) is 4.79 Å². The van der Waals surface area contributed by atoms with Crippen molar-refractivity contribution in [3.05, 3.63) is 48.0 Å². The molecule has 3 heterocycles. The third-order valence-corrected chi connectivity index (χ3v) is 5.59. The number of carbonyl (C=O) groups is 1. The highest BCUT2D eigenvalue weighted by Gasteiger charge is 2.33. The zero-order valence-corrected chi connectivity index (χ0v) is 16.7. The Kier molecular flexibility index (Phi) is 6.61. The summed E-state index contributed by atoms with van der Waals surface area (Å²) in [5.41, 5.74) is 2.24. The minimum absolute atomic E-state index is 0.194. The van der Waals surface area contributed by atoms with Crippen molar-refractivity contribution in [3.63, 3.8) is 0 Å². The number of piperidine rings is 1. The molecule has 1 aliphatic heterocycles. The van der Waals surface area contributed by atoms with Gasteiger partial charge in [-0.2, -0.15) is 5.10 Å². The number of nitrogens with zero attached hydrogens (tertiary/aromatic N) is 5. The molecule has 0 radical (unpaired) electrons. The van der Waals surface area contributed by atoms with Crippen molar-refractivity contribution < 1.29 is 4.79 Å². The van der Waals surface area contributed by atoms with E-state index in [-0.39, 0.29) is 5.91 Å². The van der Waals surface area contributed by atoms with Crippen molar-refractivity contribution in [2.24, 2.45) is 13.0 Å². The first-order valence-corrected chi connectivity index (χ1v) is 9.95. The largest absolute Gasteiger partial charge is 0.345 e. The van der Waals surface area contributed by atoms with Gasteiger partial charge in [0, 0.05) is 56.8 Å². The van der Waals surface area contributed by atoms with Gasteiger partial charge in [-0.05, 0) is 50.4 Å². The van der Waals surface area contributed by atoms with E-state index in [4.69, 9.17) is 0 Å². The van der Waals surface area contributed by atoms with Gasteiger partial charge >= 0.3 is 0 Å². The maximum Gasteiger partial charge on any atom is 0.222 e. The van der Waals surface area contributed by atoms with Crippen LogP contribution in [0.15, 0.2) is 36.8 Å². The van der Waals surface area contributed by atoms with E-state index in [0.29, 0.717) is 24.8 Å².